The van der Waals surface area contributed by atoms with Gasteiger partial charge in [-0.3, -0.25) is 9.59 Å². The molecule has 0 unspecified atom stereocenters. The molecule has 0 aliphatic heterocycles. The van der Waals surface area contributed by atoms with Crippen molar-refractivity contribution in [2.24, 2.45) is 5.73 Å². The molecule has 2 amide bonds. The van der Waals surface area contributed by atoms with Gasteiger partial charge in [0.2, 0.25) is 11.8 Å². The number of hydrogen-bond donors (Lipinski definition) is 2. The second-order valence-corrected chi connectivity index (χ2v) is 4.88. The molecule has 0 saturated heterocycles. The van der Waals surface area contributed by atoms with E-state index in [0.29, 0.717) is 16.8 Å². The molecule has 2 aromatic carbocycles. The van der Waals surface area contributed by atoms with E-state index in [1.54, 1.807) is 0 Å². The van der Waals surface area contributed by atoms with E-state index in [1.807, 2.05) is 0 Å². The molecule has 0 spiro atoms. The Morgan fingerprint density at radius 1 is 0.958 bits per heavy atom. The van der Waals surface area contributed by atoms with E-state index in [1.165, 1.54) is 48.6 Å². The Morgan fingerprint density at radius 3 is 2.04 bits per heavy atom. The van der Waals surface area contributed by atoms with E-state index in [-0.39, 0.29) is 0 Å². The van der Waals surface area contributed by atoms with Crippen LogP contribution in [0.2, 0.25) is 0 Å². The lowest BCUT2D eigenvalue weighted by molar-refractivity contribution is -0.137. The Bertz CT molecular complexity index is 764. The normalized spacial score (nSPS) is 11.5. The minimum absolute atomic E-state index is 0.313. The predicted octanol–water partition coefficient (Wildman–Crippen LogP) is 3.46. The van der Waals surface area contributed by atoms with Crippen molar-refractivity contribution in [3.63, 3.8) is 0 Å². The first-order chi connectivity index (χ1) is 11.3. The minimum atomic E-state index is -4.39. The van der Waals surface area contributed by atoms with Gasteiger partial charge in [0.05, 0.1) is 5.56 Å². The summed E-state index contributed by atoms with van der Waals surface area (Å²) in [6.45, 7) is 0. The summed E-state index contributed by atoms with van der Waals surface area (Å²) in [6.07, 6.45) is -1.80. The van der Waals surface area contributed by atoms with Crippen LogP contribution in [0.3, 0.4) is 0 Å². The third-order valence-corrected chi connectivity index (χ3v) is 3.10. The summed E-state index contributed by atoms with van der Waals surface area (Å²) in [5.41, 5.74) is 5.59. The van der Waals surface area contributed by atoms with Crippen LogP contribution < -0.4 is 11.1 Å². The van der Waals surface area contributed by atoms with Gasteiger partial charge in [0.25, 0.3) is 0 Å². The minimum Gasteiger partial charge on any atom is -0.366 e. The summed E-state index contributed by atoms with van der Waals surface area (Å²) >= 11 is 0. The van der Waals surface area contributed by atoms with Crippen LogP contribution >= 0.6 is 0 Å². The smallest absolute Gasteiger partial charge is 0.366 e. The molecule has 124 valence electrons. The quantitative estimate of drug-likeness (QED) is 0.841. The van der Waals surface area contributed by atoms with Crippen LogP contribution in [0, 0.1) is 0 Å². The zero-order valence-corrected chi connectivity index (χ0v) is 12.3. The highest BCUT2D eigenvalue weighted by molar-refractivity contribution is 6.02. The third-order valence-electron chi connectivity index (χ3n) is 3.10. The zero-order chi connectivity index (χ0) is 17.7. The number of rotatable bonds is 4. The van der Waals surface area contributed by atoms with Crippen LogP contribution in [-0.4, -0.2) is 11.8 Å². The van der Waals surface area contributed by atoms with Crippen molar-refractivity contribution in [3.8, 4) is 0 Å². The summed E-state index contributed by atoms with van der Waals surface area (Å²) in [4.78, 5) is 22.7. The second kappa shape index (κ2) is 6.99. The van der Waals surface area contributed by atoms with Gasteiger partial charge in [-0.15, -0.1) is 0 Å². The van der Waals surface area contributed by atoms with Crippen molar-refractivity contribution < 1.29 is 22.8 Å². The maximum Gasteiger partial charge on any atom is 0.416 e. The Labute approximate surface area is 135 Å². The van der Waals surface area contributed by atoms with Gasteiger partial charge in [-0.2, -0.15) is 13.2 Å². The van der Waals surface area contributed by atoms with Gasteiger partial charge < -0.3 is 11.1 Å². The molecular weight excluding hydrogens is 321 g/mol. The van der Waals surface area contributed by atoms with Gasteiger partial charge in [-0.05, 0) is 48.0 Å². The number of nitrogens with two attached hydrogens (primary N) is 1. The van der Waals surface area contributed by atoms with Crippen molar-refractivity contribution >= 4 is 23.6 Å². The Hall–Kier alpha value is -3.09. The molecule has 0 aliphatic carbocycles. The molecule has 0 aliphatic rings. The molecular formula is C17H13F3N2O2. The molecule has 0 aromatic heterocycles. The highest BCUT2D eigenvalue weighted by Gasteiger charge is 2.29. The highest BCUT2D eigenvalue weighted by Crippen LogP contribution is 2.29. The molecule has 24 heavy (non-hydrogen) atoms. The summed E-state index contributed by atoms with van der Waals surface area (Å²) in [5.74, 6) is -1.03. The number of nitrogens with one attached hydrogen (secondary N) is 1. The number of carbonyl (C=O) groups is 2. The third kappa shape index (κ3) is 4.70. The van der Waals surface area contributed by atoms with Gasteiger partial charge in [0.15, 0.2) is 0 Å². The Balaban J connectivity index is 1.98. The molecule has 4 nitrogen and oxygen atoms in total. The van der Waals surface area contributed by atoms with Crippen LogP contribution in [-0.2, 0) is 11.0 Å². The number of primary amides is 1. The Kier molecular flexibility index (Phi) is 5.03. The maximum absolute atomic E-state index is 12.4. The van der Waals surface area contributed by atoms with Crippen molar-refractivity contribution in [1.29, 1.82) is 0 Å². The molecule has 0 saturated carbocycles. The number of hydrogen-bond acceptors (Lipinski definition) is 2. The van der Waals surface area contributed by atoms with Crippen molar-refractivity contribution in [2.45, 2.75) is 6.18 Å². The predicted molar refractivity (Wildman–Crippen MR) is 84.1 cm³/mol. The SMILES string of the molecule is NC(=O)c1ccc(NC(=O)/C=C/c2ccc(C(F)(F)F)cc2)cc1. The van der Waals surface area contributed by atoms with Crippen molar-refractivity contribution in [2.75, 3.05) is 5.32 Å². The summed E-state index contributed by atoms with van der Waals surface area (Å²) in [6, 6.07) is 10.4. The monoisotopic (exact) mass is 334 g/mol. The fourth-order valence-electron chi connectivity index (χ4n) is 1.86. The first-order valence-corrected chi connectivity index (χ1v) is 6.82. The Morgan fingerprint density at radius 2 is 1.54 bits per heavy atom. The number of benzene rings is 2. The molecule has 0 bridgehead atoms. The number of amides is 2. The van der Waals surface area contributed by atoms with E-state index in [4.69, 9.17) is 5.73 Å². The fraction of sp³-hybridized carbons (Fsp3) is 0.0588. The molecule has 3 N–H and O–H groups in total. The molecule has 2 rings (SSSR count). The van der Waals surface area contributed by atoms with E-state index >= 15 is 0 Å². The highest BCUT2D eigenvalue weighted by atomic mass is 19.4. The maximum atomic E-state index is 12.4. The van der Waals surface area contributed by atoms with Crippen LogP contribution in [0.1, 0.15) is 21.5 Å². The van der Waals surface area contributed by atoms with E-state index in [0.717, 1.165) is 12.1 Å². The lowest BCUT2D eigenvalue weighted by atomic mass is 10.1. The van der Waals surface area contributed by atoms with Crippen LogP contribution in [0.5, 0.6) is 0 Å². The number of anilines is 1. The van der Waals surface area contributed by atoms with E-state index < -0.39 is 23.6 Å². The average Bonchev–Trinajstić information content (AvgIpc) is 2.53. The summed E-state index contributed by atoms with van der Waals surface area (Å²) < 4.78 is 37.3. The van der Waals surface area contributed by atoms with Crippen LogP contribution in [0.4, 0.5) is 18.9 Å². The molecule has 0 atom stereocenters. The lowest BCUT2D eigenvalue weighted by Gasteiger charge is -2.06. The topological polar surface area (TPSA) is 72.2 Å². The number of halogens is 3. The number of alkyl halides is 3. The summed E-state index contributed by atoms with van der Waals surface area (Å²) in [5, 5.41) is 2.56. The molecule has 2 aromatic rings. The van der Waals surface area contributed by atoms with Gasteiger partial charge in [-0.1, -0.05) is 12.1 Å². The lowest BCUT2D eigenvalue weighted by Crippen LogP contribution is -2.11. The van der Waals surface area contributed by atoms with Gasteiger partial charge >= 0.3 is 6.18 Å². The van der Waals surface area contributed by atoms with Crippen molar-refractivity contribution in [3.05, 3.63) is 71.3 Å². The van der Waals surface area contributed by atoms with Gasteiger partial charge in [-0.25, -0.2) is 0 Å². The molecule has 0 radical (unpaired) electrons. The standard InChI is InChI=1S/C17H13F3N2O2/c18-17(19,20)13-6-1-11(2-7-13)3-10-15(23)22-14-8-4-12(5-9-14)16(21)24/h1-10H,(H2,21,24)(H,22,23)/b10-3+. The van der Waals surface area contributed by atoms with E-state index in [2.05, 4.69) is 5.32 Å². The van der Waals surface area contributed by atoms with Crippen LogP contribution in [0.15, 0.2) is 54.6 Å². The fourth-order valence-corrected chi connectivity index (χ4v) is 1.86. The molecule has 7 heteroatoms. The van der Waals surface area contributed by atoms with Gasteiger partial charge in [0, 0.05) is 17.3 Å². The molecule has 0 heterocycles. The van der Waals surface area contributed by atoms with E-state index in [9.17, 15) is 22.8 Å². The number of carbonyl (C=O) groups excluding carboxylic acids is 2. The zero-order valence-electron chi connectivity index (χ0n) is 12.3. The first kappa shape index (κ1) is 17.3. The first-order valence-electron chi connectivity index (χ1n) is 6.82. The van der Waals surface area contributed by atoms with Crippen molar-refractivity contribution in [1.82, 2.24) is 0 Å². The van der Waals surface area contributed by atoms with Gasteiger partial charge in [0.1, 0.15) is 0 Å². The largest absolute Gasteiger partial charge is 0.416 e. The molecule has 0 fully saturated rings. The second-order valence-electron chi connectivity index (χ2n) is 4.88. The average molecular weight is 334 g/mol. The van der Waals surface area contributed by atoms with Crippen LogP contribution in [0.25, 0.3) is 6.08 Å². The summed E-state index contributed by atoms with van der Waals surface area (Å²) in [7, 11) is 0.